The Morgan fingerprint density at radius 2 is 1.39 bits per heavy atom. The zero-order valence-electron chi connectivity index (χ0n) is 27.1. The summed E-state index contributed by atoms with van der Waals surface area (Å²) in [5.74, 6) is -0.777. The van der Waals surface area contributed by atoms with Crippen LogP contribution in [0.15, 0.2) is 72.9 Å². The number of anilines is 2. The number of nitrogens with one attached hydrogen (secondary N) is 3. The molecule has 0 radical (unpaired) electrons. The van der Waals surface area contributed by atoms with Crippen LogP contribution in [0.5, 0.6) is 0 Å². The maximum Gasteiger partial charge on any atom is 0.410 e. The van der Waals surface area contributed by atoms with Gasteiger partial charge in [0.2, 0.25) is 0 Å². The van der Waals surface area contributed by atoms with Gasteiger partial charge in [0.1, 0.15) is 16.9 Å². The van der Waals surface area contributed by atoms with Crippen LogP contribution in [0.1, 0.15) is 79.9 Å². The van der Waals surface area contributed by atoms with E-state index in [0.717, 1.165) is 16.7 Å². The van der Waals surface area contributed by atoms with Gasteiger partial charge in [-0.05, 0) is 101 Å². The van der Waals surface area contributed by atoms with E-state index in [0.29, 0.717) is 36.4 Å². The van der Waals surface area contributed by atoms with Crippen molar-refractivity contribution in [3.63, 3.8) is 0 Å². The Bertz CT molecular complexity index is 1580. The zero-order chi connectivity index (χ0) is 33.5. The third-order valence-corrected chi connectivity index (χ3v) is 6.68. The second kappa shape index (κ2) is 14.3. The Morgan fingerprint density at radius 1 is 0.783 bits per heavy atom. The molecule has 2 heterocycles. The molecule has 4 rings (SSSR count). The zero-order valence-corrected chi connectivity index (χ0v) is 27.1. The fraction of sp³-hybridized carbons (Fsp3) is 0.343. The number of pyridine rings is 1. The molecule has 1 aromatic heterocycles. The van der Waals surface area contributed by atoms with Crippen molar-refractivity contribution >= 4 is 40.9 Å². The lowest BCUT2D eigenvalue weighted by atomic mass is 9.99. The van der Waals surface area contributed by atoms with Crippen LogP contribution in [0.4, 0.5) is 21.0 Å². The van der Waals surface area contributed by atoms with Crippen LogP contribution >= 0.6 is 0 Å². The average Bonchev–Trinajstić information content (AvgIpc) is 2.99. The largest absolute Gasteiger partial charge is 0.444 e. The van der Waals surface area contributed by atoms with Gasteiger partial charge in [0.05, 0.1) is 5.56 Å². The van der Waals surface area contributed by atoms with Gasteiger partial charge in [0.15, 0.2) is 0 Å². The SMILES string of the molecule is CC(C)(C)OC(=O)NCc1ccc(NC(=O)c2ccc(C(=O)Nc3ccc(C4=CCN(C(=O)OC(C)(C)C)CC4)cc3)cn2)cc1. The van der Waals surface area contributed by atoms with Crippen molar-refractivity contribution in [1.82, 2.24) is 15.2 Å². The third kappa shape index (κ3) is 10.2. The molecular formula is C35H41N5O6. The number of aromatic nitrogens is 1. The number of alkyl carbamates (subject to hydrolysis) is 1. The van der Waals surface area contributed by atoms with Gasteiger partial charge in [0, 0.05) is 37.2 Å². The molecule has 0 atom stereocenters. The van der Waals surface area contributed by atoms with Gasteiger partial charge in [-0.2, -0.15) is 0 Å². The maximum atomic E-state index is 12.8. The summed E-state index contributed by atoms with van der Waals surface area (Å²) < 4.78 is 10.7. The molecule has 0 aliphatic carbocycles. The van der Waals surface area contributed by atoms with Crippen LogP contribution in [0, 0.1) is 0 Å². The number of nitrogens with zero attached hydrogens (tertiary/aromatic N) is 2. The fourth-order valence-corrected chi connectivity index (χ4v) is 4.45. The first-order valence-electron chi connectivity index (χ1n) is 15.1. The molecule has 11 heteroatoms. The molecule has 242 valence electrons. The van der Waals surface area contributed by atoms with E-state index in [-0.39, 0.29) is 24.2 Å². The van der Waals surface area contributed by atoms with Gasteiger partial charge >= 0.3 is 12.2 Å². The minimum absolute atomic E-state index is 0.155. The monoisotopic (exact) mass is 627 g/mol. The topological polar surface area (TPSA) is 139 Å². The van der Waals surface area contributed by atoms with E-state index in [1.807, 2.05) is 51.1 Å². The Hall–Kier alpha value is -5.19. The van der Waals surface area contributed by atoms with E-state index in [9.17, 15) is 19.2 Å². The van der Waals surface area contributed by atoms with E-state index < -0.39 is 23.2 Å². The summed E-state index contributed by atoms with van der Waals surface area (Å²) in [4.78, 5) is 55.5. The van der Waals surface area contributed by atoms with Crippen molar-refractivity contribution in [3.8, 4) is 0 Å². The van der Waals surface area contributed by atoms with Gasteiger partial charge in [-0.25, -0.2) is 9.59 Å². The molecule has 0 saturated heterocycles. The van der Waals surface area contributed by atoms with Gasteiger partial charge in [0.25, 0.3) is 11.8 Å². The van der Waals surface area contributed by atoms with Crippen LogP contribution in [0.25, 0.3) is 5.57 Å². The van der Waals surface area contributed by atoms with Crippen molar-refractivity contribution in [2.24, 2.45) is 0 Å². The summed E-state index contributed by atoms with van der Waals surface area (Å²) in [5.41, 5.74) is 3.51. The first kappa shape index (κ1) is 33.7. The Morgan fingerprint density at radius 3 is 1.93 bits per heavy atom. The highest BCUT2D eigenvalue weighted by atomic mass is 16.6. The van der Waals surface area contributed by atoms with Crippen LogP contribution in [-0.2, 0) is 16.0 Å². The molecule has 2 aromatic carbocycles. The van der Waals surface area contributed by atoms with Crippen molar-refractivity contribution in [2.75, 3.05) is 23.7 Å². The number of rotatable bonds is 7. The molecule has 0 saturated carbocycles. The maximum absolute atomic E-state index is 12.8. The van der Waals surface area contributed by atoms with E-state index >= 15 is 0 Å². The lowest BCUT2D eigenvalue weighted by Crippen LogP contribution is -2.39. The minimum Gasteiger partial charge on any atom is -0.444 e. The molecule has 3 aromatic rings. The third-order valence-electron chi connectivity index (χ3n) is 6.68. The molecule has 3 N–H and O–H groups in total. The van der Waals surface area contributed by atoms with E-state index in [4.69, 9.17) is 9.47 Å². The molecule has 1 aliphatic heterocycles. The standard InChI is InChI=1S/C35H41N5O6/c1-34(2,3)45-32(43)37-21-23-7-12-27(13-8-23)39-31(42)29-16-11-26(22-36-29)30(41)38-28-14-9-24(10-15-28)25-17-19-40(20-18-25)33(44)46-35(4,5)6/h7-17,22H,18-21H2,1-6H3,(H,37,43)(H,38,41)(H,39,42). The quantitative estimate of drug-likeness (QED) is 0.267. The highest BCUT2D eigenvalue weighted by Gasteiger charge is 2.24. The van der Waals surface area contributed by atoms with Crippen LogP contribution in [0.2, 0.25) is 0 Å². The number of benzene rings is 2. The predicted molar refractivity (Wildman–Crippen MR) is 177 cm³/mol. The summed E-state index contributed by atoms with van der Waals surface area (Å²) in [6, 6.07) is 17.6. The van der Waals surface area contributed by atoms with Crippen molar-refractivity contribution in [2.45, 2.75) is 65.7 Å². The number of carbonyl (C=O) groups is 4. The summed E-state index contributed by atoms with van der Waals surface area (Å²) in [6.45, 7) is 12.3. The van der Waals surface area contributed by atoms with E-state index in [1.54, 1.807) is 56.0 Å². The molecule has 0 fully saturated rings. The Labute approximate surface area is 269 Å². The summed E-state index contributed by atoms with van der Waals surface area (Å²) in [7, 11) is 0. The molecule has 4 amide bonds. The van der Waals surface area contributed by atoms with Gasteiger partial charge in [-0.3, -0.25) is 14.6 Å². The smallest absolute Gasteiger partial charge is 0.410 e. The second-order valence-corrected chi connectivity index (χ2v) is 12.9. The van der Waals surface area contributed by atoms with Gasteiger partial charge < -0.3 is 30.3 Å². The number of amides is 4. The van der Waals surface area contributed by atoms with Crippen LogP contribution < -0.4 is 16.0 Å². The number of hydrogen-bond acceptors (Lipinski definition) is 7. The number of carbonyl (C=O) groups excluding carboxylic acids is 4. The van der Waals surface area contributed by atoms with Crippen molar-refractivity contribution in [3.05, 3.63) is 95.3 Å². The number of hydrogen-bond donors (Lipinski definition) is 3. The molecule has 0 spiro atoms. The molecule has 0 unspecified atom stereocenters. The van der Waals surface area contributed by atoms with Crippen LogP contribution in [0.3, 0.4) is 0 Å². The first-order valence-corrected chi connectivity index (χ1v) is 15.1. The summed E-state index contributed by atoms with van der Waals surface area (Å²) in [6.07, 6.45) is 3.25. The normalized spacial score (nSPS) is 13.3. The van der Waals surface area contributed by atoms with Gasteiger partial charge in [-0.15, -0.1) is 0 Å². The predicted octanol–water partition coefficient (Wildman–Crippen LogP) is 6.64. The van der Waals surface area contributed by atoms with Crippen molar-refractivity contribution in [1.29, 1.82) is 0 Å². The molecule has 0 bridgehead atoms. The minimum atomic E-state index is -0.578. The van der Waals surface area contributed by atoms with Crippen molar-refractivity contribution < 1.29 is 28.7 Å². The second-order valence-electron chi connectivity index (χ2n) is 12.9. The molecule has 46 heavy (non-hydrogen) atoms. The Balaban J connectivity index is 1.26. The highest BCUT2D eigenvalue weighted by molar-refractivity contribution is 6.06. The van der Waals surface area contributed by atoms with Gasteiger partial charge in [-0.1, -0.05) is 30.3 Å². The molecule has 1 aliphatic rings. The number of ether oxygens (including phenoxy) is 2. The Kier molecular flexibility index (Phi) is 10.5. The average molecular weight is 628 g/mol. The van der Waals surface area contributed by atoms with E-state index in [2.05, 4.69) is 20.9 Å². The first-order chi connectivity index (χ1) is 21.6. The van der Waals surface area contributed by atoms with Crippen LogP contribution in [-0.4, -0.2) is 58.2 Å². The molecular weight excluding hydrogens is 586 g/mol. The fourth-order valence-electron chi connectivity index (χ4n) is 4.45. The highest BCUT2D eigenvalue weighted by Crippen LogP contribution is 2.25. The summed E-state index contributed by atoms with van der Waals surface area (Å²) >= 11 is 0. The molecule has 11 nitrogen and oxygen atoms in total. The summed E-state index contributed by atoms with van der Waals surface area (Å²) in [5, 5.41) is 8.32. The lowest BCUT2D eigenvalue weighted by Gasteiger charge is -2.29. The lowest BCUT2D eigenvalue weighted by molar-refractivity contribution is 0.0270. The van der Waals surface area contributed by atoms with E-state index in [1.165, 1.54) is 12.3 Å².